The molecule has 1 amide bonds. The van der Waals surface area contributed by atoms with Gasteiger partial charge in [0.1, 0.15) is 11.6 Å². The predicted octanol–water partition coefficient (Wildman–Crippen LogP) is 4.43. The van der Waals surface area contributed by atoms with Gasteiger partial charge in [0.25, 0.3) is 5.91 Å². The molecule has 3 aromatic carbocycles. The Bertz CT molecular complexity index is 1130. The first-order valence-electron chi connectivity index (χ1n) is 9.36. The molecular formula is C24H21N3O2. The summed E-state index contributed by atoms with van der Waals surface area (Å²) in [7, 11) is 1.62. The number of imidazole rings is 1. The number of nitrogens with zero attached hydrogens (tertiary/aromatic N) is 1. The number of fused-ring (bicyclic) bond motifs is 1. The molecule has 4 rings (SSSR count). The van der Waals surface area contributed by atoms with Crippen molar-refractivity contribution in [2.45, 2.75) is 6.54 Å². The number of para-hydroxylation sites is 3. The third kappa shape index (κ3) is 4.19. The standard InChI is InChI=1S/C24H21N3O2/c1-29-22-14-8-5-11-18(22)15-19(17-9-3-2-4-10-17)24(28)25-16-23-26-20-12-6-7-13-21(20)27-23/h2-15H,16H2,1H3,(H,25,28)(H,26,27)/b19-15+. The van der Waals surface area contributed by atoms with E-state index in [9.17, 15) is 4.79 Å². The lowest BCUT2D eigenvalue weighted by molar-refractivity contribution is -0.115. The Morgan fingerprint density at radius 1 is 1.00 bits per heavy atom. The minimum atomic E-state index is -0.178. The third-order valence-electron chi connectivity index (χ3n) is 4.62. The summed E-state index contributed by atoms with van der Waals surface area (Å²) in [6.07, 6.45) is 1.85. The van der Waals surface area contributed by atoms with Crippen LogP contribution in [0.2, 0.25) is 0 Å². The second-order valence-corrected chi connectivity index (χ2v) is 6.55. The number of benzene rings is 3. The number of ether oxygens (including phenoxy) is 1. The van der Waals surface area contributed by atoms with Gasteiger partial charge in [-0.05, 0) is 29.8 Å². The van der Waals surface area contributed by atoms with E-state index in [1.807, 2.05) is 84.9 Å². The Morgan fingerprint density at radius 3 is 2.52 bits per heavy atom. The zero-order valence-electron chi connectivity index (χ0n) is 16.1. The van der Waals surface area contributed by atoms with Crippen LogP contribution in [-0.2, 0) is 11.3 Å². The van der Waals surface area contributed by atoms with Crippen molar-refractivity contribution >= 4 is 28.6 Å². The van der Waals surface area contributed by atoms with Gasteiger partial charge >= 0.3 is 0 Å². The molecule has 0 saturated carbocycles. The van der Waals surface area contributed by atoms with Gasteiger partial charge in [-0.25, -0.2) is 4.98 Å². The Morgan fingerprint density at radius 2 is 1.72 bits per heavy atom. The third-order valence-corrected chi connectivity index (χ3v) is 4.62. The second-order valence-electron chi connectivity index (χ2n) is 6.55. The van der Waals surface area contributed by atoms with Gasteiger partial charge in [-0.2, -0.15) is 0 Å². The highest BCUT2D eigenvalue weighted by molar-refractivity contribution is 6.24. The molecule has 0 aliphatic rings. The van der Waals surface area contributed by atoms with Crippen molar-refractivity contribution in [3.63, 3.8) is 0 Å². The molecule has 0 radical (unpaired) electrons. The first-order chi connectivity index (χ1) is 14.2. The zero-order chi connectivity index (χ0) is 20.1. The molecule has 0 spiro atoms. The van der Waals surface area contributed by atoms with Gasteiger partial charge in [0.15, 0.2) is 0 Å². The monoisotopic (exact) mass is 383 g/mol. The Labute approximate surface area is 169 Å². The Balaban J connectivity index is 1.62. The predicted molar refractivity (Wildman–Crippen MR) is 115 cm³/mol. The van der Waals surface area contributed by atoms with E-state index in [2.05, 4.69) is 15.3 Å². The second kappa shape index (κ2) is 8.44. The smallest absolute Gasteiger partial charge is 0.252 e. The van der Waals surface area contributed by atoms with Gasteiger partial charge in [-0.15, -0.1) is 0 Å². The first-order valence-corrected chi connectivity index (χ1v) is 9.36. The maximum absolute atomic E-state index is 13.1. The maximum Gasteiger partial charge on any atom is 0.252 e. The van der Waals surface area contributed by atoms with Crippen molar-refractivity contribution in [3.05, 3.63) is 95.8 Å². The summed E-state index contributed by atoms with van der Waals surface area (Å²) in [5.41, 5.74) is 4.06. The molecule has 4 aromatic rings. The number of carbonyl (C=O) groups excluding carboxylic acids is 1. The average Bonchev–Trinajstić information content (AvgIpc) is 3.20. The molecule has 0 unspecified atom stereocenters. The highest BCUT2D eigenvalue weighted by Gasteiger charge is 2.14. The zero-order valence-corrected chi connectivity index (χ0v) is 16.1. The van der Waals surface area contributed by atoms with Crippen LogP contribution in [0.25, 0.3) is 22.7 Å². The summed E-state index contributed by atoms with van der Waals surface area (Å²) in [4.78, 5) is 20.8. The number of aromatic nitrogens is 2. The van der Waals surface area contributed by atoms with Gasteiger partial charge in [0.05, 0.1) is 24.7 Å². The van der Waals surface area contributed by atoms with Crippen molar-refractivity contribution in [2.24, 2.45) is 0 Å². The minimum Gasteiger partial charge on any atom is -0.496 e. The van der Waals surface area contributed by atoms with Crippen LogP contribution in [-0.4, -0.2) is 23.0 Å². The van der Waals surface area contributed by atoms with E-state index in [-0.39, 0.29) is 5.91 Å². The molecule has 5 nitrogen and oxygen atoms in total. The Hall–Kier alpha value is -3.86. The molecule has 0 fully saturated rings. The first kappa shape index (κ1) is 18.5. The highest BCUT2D eigenvalue weighted by atomic mass is 16.5. The van der Waals surface area contributed by atoms with Gasteiger partial charge in [0.2, 0.25) is 0 Å². The van der Waals surface area contributed by atoms with Crippen molar-refractivity contribution in [3.8, 4) is 5.75 Å². The van der Waals surface area contributed by atoms with Crippen molar-refractivity contribution in [1.82, 2.24) is 15.3 Å². The molecule has 144 valence electrons. The van der Waals surface area contributed by atoms with Crippen LogP contribution >= 0.6 is 0 Å². The number of methoxy groups -OCH3 is 1. The minimum absolute atomic E-state index is 0.178. The molecule has 29 heavy (non-hydrogen) atoms. The van der Waals surface area contributed by atoms with Crippen LogP contribution in [0.3, 0.4) is 0 Å². The molecule has 0 bridgehead atoms. The van der Waals surface area contributed by atoms with Crippen molar-refractivity contribution in [1.29, 1.82) is 0 Å². The average molecular weight is 383 g/mol. The summed E-state index contributed by atoms with van der Waals surface area (Å²) < 4.78 is 5.43. The fraction of sp³-hybridized carbons (Fsp3) is 0.0833. The summed E-state index contributed by atoms with van der Waals surface area (Å²) in [6.45, 7) is 0.309. The maximum atomic E-state index is 13.1. The number of hydrogen-bond donors (Lipinski definition) is 2. The lowest BCUT2D eigenvalue weighted by Crippen LogP contribution is -2.24. The summed E-state index contributed by atoms with van der Waals surface area (Å²) in [6, 6.07) is 25.0. The van der Waals surface area contributed by atoms with E-state index in [1.165, 1.54) is 0 Å². The van der Waals surface area contributed by atoms with Gasteiger partial charge in [-0.1, -0.05) is 60.7 Å². The highest BCUT2D eigenvalue weighted by Crippen LogP contribution is 2.25. The molecule has 5 heteroatoms. The summed E-state index contributed by atoms with van der Waals surface area (Å²) in [5, 5.41) is 2.97. The molecule has 0 atom stereocenters. The summed E-state index contributed by atoms with van der Waals surface area (Å²) in [5.74, 6) is 1.25. The van der Waals surface area contributed by atoms with Crippen LogP contribution in [0.4, 0.5) is 0 Å². The number of H-pyrrole nitrogens is 1. The Kier molecular flexibility index (Phi) is 5.38. The molecule has 0 saturated heterocycles. The largest absolute Gasteiger partial charge is 0.496 e. The van der Waals surface area contributed by atoms with E-state index in [4.69, 9.17) is 4.74 Å². The fourth-order valence-corrected chi connectivity index (χ4v) is 3.19. The van der Waals surface area contributed by atoms with E-state index in [0.29, 0.717) is 23.7 Å². The van der Waals surface area contributed by atoms with Gasteiger partial charge < -0.3 is 15.0 Å². The number of hydrogen-bond acceptors (Lipinski definition) is 3. The van der Waals surface area contributed by atoms with Crippen LogP contribution in [0, 0.1) is 0 Å². The molecule has 1 aromatic heterocycles. The lowest BCUT2D eigenvalue weighted by Gasteiger charge is -2.10. The van der Waals surface area contributed by atoms with Crippen molar-refractivity contribution < 1.29 is 9.53 Å². The molecule has 0 aliphatic carbocycles. The molecular weight excluding hydrogens is 362 g/mol. The van der Waals surface area contributed by atoms with Crippen LogP contribution in [0.15, 0.2) is 78.9 Å². The molecule has 1 heterocycles. The van der Waals surface area contributed by atoms with E-state index in [0.717, 1.165) is 22.2 Å². The van der Waals surface area contributed by atoms with Crippen LogP contribution < -0.4 is 10.1 Å². The number of rotatable bonds is 6. The fourth-order valence-electron chi connectivity index (χ4n) is 3.19. The van der Waals surface area contributed by atoms with Gasteiger partial charge in [-0.3, -0.25) is 4.79 Å². The van der Waals surface area contributed by atoms with E-state index < -0.39 is 0 Å². The number of carbonyl (C=O) groups is 1. The van der Waals surface area contributed by atoms with Gasteiger partial charge in [0, 0.05) is 11.1 Å². The SMILES string of the molecule is COc1ccccc1/C=C(/C(=O)NCc1nc2ccccc2[nH]1)c1ccccc1. The number of aromatic amines is 1. The normalized spacial score (nSPS) is 11.4. The van der Waals surface area contributed by atoms with E-state index in [1.54, 1.807) is 7.11 Å². The number of amides is 1. The molecule has 2 N–H and O–H groups in total. The van der Waals surface area contributed by atoms with Crippen LogP contribution in [0.5, 0.6) is 5.75 Å². The van der Waals surface area contributed by atoms with E-state index >= 15 is 0 Å². The molecule has 0 aliphatic heterocycles. The van der Waals surface area contributed by atoms with Crippen molar-refractivity contribution in [2.75, 3.05) is 7.11 Å². The quantitative estimate of drug-likeness (QED) is 0.382. The number of nitrogens with one attached hydrogen (secondary N) is 2. The van der Waals surface area contributed by atoms with Crippen LogP contribution in [0.1, 0.15) is 17.0 Å². The summed E-state index contributed by atoms with van der Waals surface area (Å²) >= 11 is 0. The topological polar surface area (TPSA) is 67.0 Å². The lowest BCUT2D eigenvalue weighted by atomic mass is 10.0.